The minimum atomic E-state index is -0.142. The molecule has 4 rings (SSSR count). The molecule has 0 atom stereocenters. The van der Waals surface area contributed by atoms with Gasteiger partial charge in [-0.3, -0.25) is 14.2 Å². The van der Waals surface area contributed by atoms with Crippen LogP contribution in [0.5, 0.6) is 0 Å². The van der Waals surface area contributed by atoms with Gasteiger partial charge in [-0.2, -0.15) is 10.2 Å². The number of amides is 1. The molecule has 2 heterocycles. The molecular weight excluding hydrogens is 478 g/mol. The third-order valence-electron chi connectivity index (χ3n) is 5.88. The molecule has 0 radical (unpaired) electrons. The summed E-state index contributed by atoms with van der Waals surface area (Å²) in [5.74, 6) is -0.142. The van der Waals surface area contributed by atoms with Gasteiger partial charge in [0, 0.05) is 5.56 Å². The van der Waals surface area contributed by atoms with E-state index in [1.165, 1.54) is 11.1 Å². The molecule has 0 aliphatic carbocycles. The Balaban J connectivity index is 1.47. The van der Waals surface area contributed by atoms with Crippen LogP contribution in [0.1, 0.15) is 49.8 Å². The van der Waals surface area contributed by atoms with Crippen molar-refractivity contribution < 1.29 is 4.79 Å². The molecule has 0 spiro atoms. The predicted molar refractivity (Wildman–Crippen MR) is 135 cm³/mol. The monoisotopic (exact) mass is 505 g/mol. The van der Waals surface area contributed by atoms with Gasteiger partial charge < -0.3 is 5.32 Å². The van der Waals surface area contributed by atoms with Crippen LogP contribution in [0.25, 0.3) is 0 Å². The lowest BCUT2D eigenvalue weighted by atomic mass is 10.1. The summed E-state index contributed by atoms with van der Waals surface area (Å²) in [5.41, 5.74) is 8.67. The Morgan fingerprint density at radius 1 is 0.848 bits per heavy atom. The van der Waals surface area contributed by atoms with Gasteiger partial charge in [-0.1, -0.05) is 42.0 Å². The molecule has 2 aromatic heterocycles. The number of carbonyl (C=O) groups is 1. The lowest BCUT2D eigenvalue weighted by molar-refractivity contribution is 0.102. The first-order chi connectivity index (χ1) is 15.7. The van der Waals surface area contributed by atoms with E-state index in [2.05, 4.69) is 62.6 Å². The average molecular weight is 506 g/mol. The number of hydrogen-bond donors (Lipinski definition) is 1. The van der Waals surface area contributed by atoms with Crippen LogP contribution in [0.2, 0.25) is 0 Å². The van der Waals surface area contributed by atoms with Crippen LogP contribution < -0.4 is 5.32 Å². The summed E-state index contributed by atoms with van der Waals surface area (Å²) in [6, 6.07) is 16.0. The molecule has 33 heavy (non-hydrogen) atoms. The van der Waals surface area contributed by atoms with Crippen LogP contribution in [0.4, 0.5) is 5.69 Å². The zero-order chi connectivity index (χ0) is 23.7. The van der Waals surface area contributed by atoms with Gasteiger partial charge in [0.15, 0.2) is 0 Å². The van der Waals surface area contributed by atoms with E-state index < -0.39 is 0 Å². The summed E-state index contributed by atoms with van der Waals surface area (Å²) in [7, 11) is 0. The summed E-state index contributed by atoms with van der Waals surface area (Å²) >= 11 is 3.57. The van der Waals surface area contributed by atoms with Crippen LogP contribution in [-0.2, 0) is 13.1 Å². The Morgan fingerprint density at radius 2 is 1.48 bits per heavy atom. The van der Waals surface area contributed by atoms with E-state index in [4.69, 9.17) is 0 Å². The van der Waals surface area contributed by atoms with Crippen molar-refractivity contribution in [3.63, 3.8) is 0 Å². The summed E-state index contributed by atoms with van der Waals surface area (Å²) in [6.07, 6.45) is 0. The Kier molecular flexibility index (Phi) is 6.51. The van der Waals surface area contributed by atoms with Gasteiger partial charge in [-0.15, -0.1) is 0 Å². The van der Waals surface area contributed by atoms with Crippen molar-refractivity contribution in [2.45, 2.75) is 47.7 Å². The molecule has 1 N–H and O–H groups in total. The van der Waals surface area contributed by atoms with Crippen LogP contribution in [-0.4, -0.2) is 25.5 Å². The highest BCUT2D eigenvalue weighted by atomic mass is 79.9. The summed E-state index contributed by atoms with van der Waals surface area (Å²) in [5, 5.41) is 12.3. The normalized spacial score (nSPS) is 11.1. The molecule has 0 saturated carbocycles. The molecule has 0 bridgehead atoms. The van der Waals surface area contributed by atoms with Crippen molar-refractivity contribution in [3.8, 4) is 0 Å². The van der Waals surface area contributed by atoms with E-state index in [0.717, 1.165) is 38.5 Å². The molecule has 4 aromatic rings. The molecule has 7 heteroatoms. The molecule has 0 aliphatic heterocycles. The minimum Gasteiger partial charge on any atom is -0.319 e. The number of aromatic nitrogens is 4. The number of anilines is 1. The molecule has 6 nitrogen and oxygen atoms in total. The van der Waals surface area contributed by atoms with E-state index in [-0.39, 0.29) is 5.91 Å². The summed E-state index contributed by atoms with van der Waals surface area (Å²) in [6.45, 7) is 11.3. The van der Waals surface area contributed by atoms with Crippen molar-refractivity contribution in [2.24, 2.45) is 0 Å². The first kappa shape index (κ1) is 23.0. The molecule has 2 aromatic carbocycles. The zero-order valence-corrected chi connectivity index (χ0v) is 21.2. The number of rotatable bonds is 6. The number of nitrogens with zero attached hydrogens (tertiary/aromatic N) is 4. The van der Waals surface area contributed by atoms with Crippen molar-refractivity contribution in [3.05, 3.63) is 98.0 Å². The number of aryl methyl sites for hydroxylation is 3. The zero-order valence-electron chi connectivity index (χ0n) is 19.6. The van der Waals surface area contributed by atoms with Crippen molar-refractivity contribution in [1.82, 2.24) is 19.6 Å². The molecule has 1 amide bonds. The highest BCUT2D eigenvalue weighted by Gasteiger charge is 2.16. The first-order valence-corrected chi connectivity index (χ1v) is 11.7. The summed E-state index contributed by atoms with van der Waals surface area (Å²) < 4.78 is 4.94. The Morgan fingerprint density at radius 3 is 2.12 bits per heavy atom. The third kappa shape index (κ3) is 4.93. The maximum Gasteiger partial charge on any atom is 0.255 e. The molecule has 0 fully saturated rings. The lowest BCUT2D eigenvalue weighted by Crippen LogP contribution is -2.13. The summed E-state index contributed by atoms with van der Waals surface area (Å²) in [4.78, 5) is 12.9. The van der Waals surface area contributed by atoms with E-state index >= 15 is 0 Å². The first-order valence-electron chi connectivity index (χ1n) is 10.9. The Hall–Kier alpha value is -3.19. The largest absolute Gasteiger partial charge is 0.319 e. The van der Waals surface area contributed by atoms with Crippen LogP contribution >= 0.6 is 15.9 Å². The standard InChI is InChI=1S/C26H28BrN5O/c1-16-7-6-8-22(13-16)15-32-20(5)25(18(3)30-32)28-26(33)23-11-9-21(10-12-23)14-31-19(4)24(27)17(2)29-31/h6-13H,14-15H2,1-5H3,(H,28,33). The van der Waals surface area contributed by atoms with Gasteiger partial charge in [-0.25, -0.2) is 0 Å². The maximum absolute atomic E-state index is 12.9. The van der Waals surface area contributed by atoms with Gasteiger partial charge >= 0.3 is 0 Å². The van der Waals surface area contributed by atoms with E-state index in [9.17, 15) is 4.79 Å². The third-order valence-corrected chi connectivity index (χ3v) is 7.02. The van der Waals surface area contributed by atoms with Crippen molar-refractivity contribution >= 4 is 27.5 Å². The fourth-order valence-electron chi connectivity index (χ4n) is 3.96. The van der Waals surface area contributed by atoms with Crippen LogP contribution in [0.3, 0.4) is 0 Å². The Labute approximate surface area is 202 Å². The molecule has 0 saturated heterocycles. The van der Waals surface area contributed by atoms with Gasteiger partial charge in [0.05, 0.1) is 46.0 Å². The number of nitrogens with one attached hydrogen (secondary N) is 1. The van der Waals surface area contributed by atoms with E-state index in [0.29, 0.717) is 18.7 Å². The highest BCUT2D eigenvalue weighted by Crippen LogP contribution is 2.23. The number of hydrogen-bond acceptors (Lipinski definition) is 3. The molecule has 170 valence electrons. The van der Waals surface area contributed by atoms with Gasteiger partial charge in [0.25, 0.3) is 5.91 Å². The highest BCUT2D eigenvalue weighted by molar-refractivity contribution is 9.10. The maximum atomic E-state index is 12.9. The number of carbonyl (C=O) groups excluding carboxylic acids is 1. The second-order valence-corrected chi connectivity index (χ2v) is 9.28. The molecular formula is C26H28BrN5O. The number of halogens is 1. The predicted octanol–water partition coefficient (Wildman–Crippen LogP) is 5.73. The van der Waals surface area contributed by atoms with Gasteiger partial charge in [0.2, 0.25) is 0 Å². The fraction of sp³-hybridized carbons (Fsp3) is 0.269. The quantitative estimate of drug-likeness (QED) is 0.363. The fourth-order valence-corrected chi connectivity index (χ4v) is 4.25. The van der Waals surface area contributed by atoms with E-state index in [1.807, 2.05) is 61.3 Å². The minimum absolute atomic E-state index is 0.142. The number of benzene rings is 2. The van der Waals surface area contributed by atoms with Crippen LogP contribution in [0.15, 0.2) is 53.0 Å². The average Bonchev–Trinajstić information content (AvgIpc) is 3.18. The molecule has 0 unspecified atom stereocenters. The second-order valence-electron chi connectivity index (χ2n) is 8.49. The second kappa shape index (κ2) is 9.35. The molecule has 0 aliphatic rings. The van der Waals surface area contributed by atoms with Gasteiger partial charge in [-0.05, 0) is 73.8 Å². The van der Waals surface area contributed by atoms with E-state index in [1.54, 1.807) is 0 Å². The Bertz CT molecular complexity index is 1320. The van der Waals surface area contributed by atoms with Gasteiger partial charge in [0.1, 0.15) is 0 Å². The lowest BCUT2D eigenvalue weighted by Gasteiger charge is -2.09. The van der Waals surface area contributed by atoms with Crippen LogP contribution in [0, 0.1) is 34.6 Å². The topological polar surface area (TPSA) is 64.7 Å². The SMILES string of the molecule is Cc1cccc(Cn2nc(C)c(NC(=O)c3ccc(Cn4nc(C)c(Br)c4C)cc3)c2C)c1. The van der Waals surface area contributed by atoms with Crippen molar-refractivity contribution in [2.75, 3.05) is 5.32 Å². The van der Waals surface area contributed by atoms with Crippen molar-refractivity contribution in [1.29, 1.82) is 0 Å². The smallest absolute Gasteiger partial charge is 0.255 e.